The van der Waals surface area contributed by atoms with Crippen LogP contribution >= 0.6 is 0 Å². The minimum Gasteiger partial charge on any atom is -0.360 e. The van der Waals surface area contributed by atoms with E-state index in [1.54, 1.807) is 24.5 Å². The van der Waals surface area contributed by atoms with E-state index in [1.165, 1.54) is 6.33 Å². The number of aromatic nitrogens is 3. The van der Waals surface area contributed by atoms with E-state index in [2.05, 4.69) is 15.0 Å². The van der Waals surface area contributed by atoms with E-state index in [-0.39, 0.29) is 0 Å². The largest absolute Gasteiger partial charge is 0.360 e. The highest BCUT2D eigenvalue weighted by Crippen LogP contribution is 2.10. The van der Waals surface area contributed by atoms with Crippen LogP contribution in [0, 0.1) is 0 Å². The van der Waals surface area contributed by atoms with E-state index in [9.17, 15) is 0 Å². The number of H-pyrrole nitrogens is 1. The number of hydrogen-bond acceptors (Lipinski definition) is 2. The van der Waals surface area contributed by atoms with Gasteiger partial charge >= 0.3 is 0 Å². The first-order valence-corrected chi connectivity index (χ1v) is 3.28. The van der Waals surface area contributed by atoms with Crippen molar-refractivity contribution >= 4 is 0 Å². The van der Waals surface area contributed by atoms with Crippen LogP contribution in [-0.2, 0) is 0 Å². The molecule has 3 heteroatoms. The lowest BCUT2D eigenvalue weighted by atomic mass is 10.3. The number of rotatable bonds is 1. The number of nitrogens with zero attached hydrogens (tertiary/aromatic N) is 2. The van der Waals surface area contributed by atoms with Crippen LogP contribution < -0.4 is 0 Å². The predicted molar refractivity (Wildman–Crippen MR) is 41.8 cm³/mol. The summed E-state index contributed by atoms with van der Waals surface area (Å²) < 4.78 is 7.50. The van der Waals surface area contributed by atoms with Crippen molar-refractivity contribution in [2.45, 2.75) is 0 Å². The van der Waals surface area contributed by atoms with Crippen LogP contribution in [0.5, 0.6) is 0 Å². The van der Waals surface area contributed by atoms with Crippen molar-refractivity contribution < 1.29 is 1.37 Å². The molecule has 1 N–H and O–H groups in total. The third-order valence-corrected chi connectivity index (χ3v) is 1.38. The maximum absolute atomic E-state index is 7.50. The molecular weight excluding hydrogens is 138 g/mol. The number of nitrogens with one attached hydrogen (secondary N) is 1. The fourth-order valence-corrected chi connectivity index (χ4v) is 0.878. The van der Waals surface area contributed by atoms with E-state index >= 15 is 0 Å². The molecule has 0 fully saturated rings. The van der Waals surface area contributed by atoms with Crippen molar-refractivity contribution in [3.63, 3.8) is 0 Å². The summed E-state index contributed by atoms with van der Waals surface area (Å²) in [6.07, 6.45) is 4.85. The van der Waals surface area contributed by atoms with Gasteiger partial charge < -0.3 is 4.98 Å². The topological polar surface area (TPSA) is 41.6 Å². The molecule has 11 heavy (non-hydrogen) atoms. The Morgan fingerprint density at radius 3 is 3.18 bits per heavy atom. The molecule has 54 valence electrons. The summed E-state index contributed by atoms with van der Waals surface area (Å²) in [6.45, 7) is 0. The maximum atomic E-state index is 7.50. The smallest absolute Gasteiger partial charge is 0.116 e. The number of aromatic amines is 1. The van der Waals surface area contributed by atoms with Crippen molar-refractivity contribution in [2.75, 3.05) is 0 Å². The van der Waals surface area contributed by atoms with E-state index in [0.717, 1.165) is 11.4 Å². The van der Waals surface area contributed by atoms with Gasteiger partial charge in [-0.05, 0) is 18.2 Å². The van der Waals surface area contributed by atoms with Gasteiger partial charge in [0.25, 0.3) is 0 Å². The van der Waals surface area contributed by atoms with Gasteiger partial charge in [-0.25, -0.2) is 9.97 Å². The van der Waals surface area contributed by atoms with E-state index in [4.69, 9.17) is 1.37 Å². The Labute approximate surface area is 65.5 Å². The van der Waals surface area contributed by atoms with E-state index < -0.39 is 0 Å². The first-order valence-electron chi connectivity index (χ1n) is 3.78. The van der Waals surface area contributed by atoms with Crippen molar-refractivity contribution in [1.29, 1.82) is 0 Å². The summed E-state index contributed by atoms with van der Waals surface area (Å²) in [5.74, 6) is 0. The summed E-state index contributed by atoms with van der Waals surface area (Å²) in [5.41, 5.74) is 1.48. The first kappa shape index (κ1) is 5.07. The Hall–Kier alpha value is -1.64. The summed E-state index contributed by atoms with van der Waals surface area (Å²) >= 11 is 0. The highest BCUT2D eigenvalue weighted by atomic mass is 14.8. The Kier molecular flexibility index (Phi) is 1.17. The molecule has 2 rings (SSSR count). The molecule has 0 amide bonds. The van der Waals surface area contributed by atoms with Crippen LogP contribution in [0.4, 0.5) is 0 Å². The van der Waals surface area contributed by atoms with Gasteiger partial charge in [-0.2, -0.15) is 0 Å². The normalized spacial score (nSPS) is 11.1. The van der Waals surface area contributed by atoms with Crippen LogP contribution in [0.3, 0.4) is 0 Å². The predicted octanol–water partition coefficient (Wildman–Crippen LogP) is 1.47. The minimum atomic E-state index is 0.453. The highest BCUT2D eigenvalue weighted by molar-refractivity contribution is 5.52. The van der Waals surface area contributed by atoms with Gasteiger partial charge in [-0.3, -0.25) is 0 Å². The molecule has 0 aliphatic heterocycles. The molecule has 0 unspecified atom stereocenters. The van der Waals surface area contributed by atoms with E-state index in [0.29, 0.717) is 6.04 Å². The van der Waals surface area contributed by atoms with Gasteiger partial charge in [-0.1, -0.05) is 0 Å². The van der Waals surface area contributed by atoms with Crippen molar-refractivity contribution in [3.05, 3.63) is 36.9 Å². The fraction of sp³-hybridized carbons (Fsp3) is 0. The fourth-order valence-electron chi connectivity index (χ4n) is 0.878. The van der Waals surface area contributed by atoms with Crippen LogP contribution in [0.15, 0.2) is 36.9 Å². The third-order valence-electron chi connectivity index (χ3n) is 1.38. The van der Waals surface area contributed by atoms with Crippen molar-refractivity contribution in [3.8, 4) is 11.4 Å². The molecule has 0 bridgehead atoms. The van der Waals surface area contributed by atoms with Gasteiger partial charge in [0, 0.05) is 12.4 Å². The molecule has 2 aromatic heterocycles. The molecule has 0 saturated carbocycles. The Morgan fingerprint density at radius 2 is 2.55 bits per heavy atom. The maximum Gasteiger partial charge on any atom is 0.116 e. The Morgan fingerprint density at radius 1 is 1.55 bits per heavy atom. The average Bonchev–Trinajstić information content (AvgIpc) is 2.53. The zero-order chi connectivity index (χ0) is 8.39. The minimum absolute atomic E-state index is 0.453. The monoisotopic (exact) mass is 146 g/mol. The molecule has 0 aliphatic carbocycles. The van der Waals surface area contributed by atoms with Gasteiger partial charge in [0.2, 0.25) is 0 Å². The molecule has 0 atom stereocenters. The quantitative estimate of drug-likeness (QED) is 0.661. The Balaban J connectivity index is 2.51. The van der Waals surface area contributed by atoms with Crippen LogP contribution in [0.25, 0.3) is 11.4 Å². The van der Waals surface area contributed by atoms with Crippen LogP contribution in [0.2, 0.25) is 0 Å². The second-order valence-electron chi connectivity index (χ2n) is 2.09. The molecule has 0 aliphatic rings. The molecule has 2 aromatic rings. The van der Waals surface area contributed by atoms with Gasteiger partial charge in [0.05, 0.1) is 12.8 Å². The van der Waals surface area contributed by atoms with Gasteiger partial charge in [0.15, 0.2) is 0 Å². The summed E-state index contributed by atoms with van der Waals surface area (Å²) in [7, 11) is 0. The third kappa shape index (κ3) is 1.12. The second-order valence-corrected chi connectivity index (χ2v) is 2.09. The first-order chi connectivity index (χ1) is 5.88. The molecule has 3 nitrogen and oxygen atoms in total. The lowest BCUT2D eigenvalue weighted by Gasteiger charge is -1.92. The molecule has 0 spiro atoms. The van der Waals surface area contributed by atoms with E-state index in [1.807, 2.05) is 0 Å². The molecule has 0 saturated heterocycles. The van der Waals surface area contributed by atoms with Crippen LogP contribution in [-0.4, -0.2) is 15.0 Å². The highest BCUT2D eigenvalue weighted by Gasteiger charge is 1.95. The van der Waals surface area contributed by atoms with Crippen molar-refractivity contribution in [1.82, 2.24) is 15.0 Å². The second kappa shape index (κ2) is 2.54. The van der Waals surface area contributed by atoms with Gasteiger partial charge in [-0.15, -0.1) is 0 Å². The summed E-state index contributed by atoms with van der Waals surface area (Å²) in [6, 6.07) is 3.91. The van der Waals surface area contributed by atoms with Gasteiger partial charge in [0.1, 0.15) is 6.33 Å². The standard InChI is InChI=1S/C8H7N3/c1-2-7(10-4-1)8-3-5-9-6-11-8/h1-6,10H/i2D. The molecular formula is C8H7N3. The zero-order valence-electron chi connectivity index (χ0n) is 6.78. The SMILES string of the molecule is [2H]c1cc[nH]c1-c1ccncn1. The summed E-state index contributed by atoms with van der Waals surface area (Å²) in [4.78, 5) is 10.8. The van der Waals surface area contributed by atoms with Crippen molar-refractivity contribution in [2.24, 2.45) is 0 Å². The molecule has 2 heterocycles. The Bertz CT molecular complexity index is 369. The molecule has 0 radical (unpaired) electrons. The zero-order valence-corrected chi connectivity index (χ0v) is 5.78. The molecule has 0 aromatic carbocycles. The summed E-state index contributed by atoms with van der Waals surface area (Å²) in [5, 5.41) is 0. The van der Waals surface area contributed by atoms with Crippen LogP contribution in [0.1, 0.15) is 1.37 Å². The lowest BCUT2D eigenvalue weighted by Crippen LogP contribution is -1.82. The number of hydrogen-bond donors (Lipinski definition) is 1. The average molecular weight is 146 g/mol. The lowest BCUT2D eigenvalue weighted by molar-refractivity contribution is 1.16.